The molecular formula is C14H21NO2. The third-order valence-corrected chi connectivity index (χ3v) is 3.50. The monoisotopic (exact) mass is 235 g/mol. The molecule has 1 aromatic carbocycles. The molecule has 0 radical (unpaired) electrons. The van der Waals surface area contributed by atoms with E-state index in [1.54, 1.807) is 7.11 Å². The minimum Gasteiger partial charge on any atom is -0.497 e. The van der Waals surface area contributed by atoms with Gasteiger partial charge in [0, 0.05) is 19.6 Å². The van der Waals surface area contributed by atoms with E-state index in [1.807, 2.05) is 19.2 Å². The van der Waals surface area contributed by atoms with Gasteiger partial charge in [-0.15, -0.1) is 0 Å². The summed E-state index contributed by atoms with van der Waals surface area (Å²) < 4.78 is 10.7. The zero-order valence-corrected chi connectivity index (χ0v) is 10.6. The fourth-order valence-corrected chi connectivity index (χ4v) is 2.48. The van der Waals surface area contributed by atoms with Crippen LogP contribution >= 0.6 is 0 Å². The summed E-state index contributed by atoms with van der Waals surface area (Å²) >= 11 is 0. The Bertz CT molecular complexity index is 337. The lowest BCUT2D eigenvalue weighted by molar-refractivity contribution is 0.0311. The number of hydrogen-bond donors (Lipinski definition) is 1. The number of rotatable bonds is 4. The molecule has 1 aliphatic rings. The Morgan fingerprint density at radius 1 is 1.24 bits per heavy atom. The largest absolute Gasteiger partial charge is 0.497 e. The van der Waals surface area contributed by atoms with Gasteiger partial charge in [0.15, 0.2) is 0 Å². The van der Waals surface area contributed by atoms with E-state index in [0.29, 0.717) is 12.0 Å². The highest BCUT2D eigenvalue weighted by molar-refractivity contribution is 5.27. The lowest BCUT2D eigenvalue weighted by atomic mass is 9.89. The van der Waals surface area contributed by atoms with Crippen molar-refractivity contribution in [2.75, 3.05) is 27.3 Å². The maximum Gasteiger partial charge on any atom is 0.118 e. The van der Waals surface area contributed by atoms with Crippen LogP contribution in [0.2, 0.25) is 0 Å². The molecule has 0 unspecified atom stereocenters. The minimum atomic E-state index is 0.387. The Morgan fingerprint density at radius 2 is 2.00 bits per heavy atom. The Kier molecular flexibility index (Phi) is 4.40. The molecule has 2 atom stereocenters. The van der Waals surface area contributed by atoms with Crippen molar-refractivity contribution < 1.29 is 9.47 Å². The number of benzene rings is 1. The fraction of sp³-hybridized carbons (Fsp3) is 0.571. The molecule has 1 N–H and O–H groups in total. The third kappa shape index (κ3) is 3.20. The van der Waals surface area contributed by atoms with E-state index in [4.69, 9.17) is 9.47 Å². The molecule has 1 aliphatic heterocycles. The first kappa shape index (κ1) is 12.4. The quantitative estimate of drug-likeness (QED) is 0.864. The van der Waals surface area contributed by atoms with Gasteiger partial charge < -0.3 is 14.8 Å². The molecule has 2 rings (SSSR count). The van der Waals surface area contributed by atoms with E-state index < -0.39 is 0 Å². The first-order chi connectivity index (χ1) is 8.33. The van der Waals surface area contributed by atoms with Gasteiger partial charge in [0.05, 0.1) is 13.2 Å². The Morgan fingerprint density at radius 3 is 2.65 bits per heavy atom. The molecule has 0 amide bonds. The van der Waals surface area contributed by atoms with Crippen molar-refractivity contribution in [2.45, 2.75) is 18.9 Å². The maximum atomic E-state index is 5.56. The first-order valence-corrected chi connectivity index (χ1v) is 6.20. The first-order valence-electron chi connectivity index (χ1n) is 6.20. The lowest BCUT2D eigenvalue weighted by Gasteiger charge is -2.31. The van der Waals surface area contributed by atoms with Gasteiger partial charge in [-0.25, -0.2) is 0 Å². The molecule has 3 nitrogen and oxygen atoms in total. The lowest BCUT2D eigenvalue weighted by Crippen LogP contribution is -2.41. The van der Waals surface area contributed by atoms with Crippen LogP contribution in [0.5, 0.6) is 5.75 Å². The number of piperidine rings is 1. The second-order valence-corrected chi connectivity index (χ2v) is 4.58. The molecule has 0 bridgehead atoms. The summed E-state index contributed by atoms with van der Waals surface area (Å²) in [5.41, 5.74) is 1.35. The van der Waals surface area contributed by atoms with E-state index in [2.05, 4.69) is 17.4 Å². The Hall–Kier alpha value is -1.06. The average molecular weight is 235 g/mol. The molecule has 0 aliphatic carbocycles. The van der Waals surface area contributed by atoms with Crippen LogP contribution in [-0.4, -0.2) is 33.4 Å². The molecule has 1 aromatic rings. The number of nitrogens with one attached hydrogen (secondary N) is 1. The number of ether oxygens (including phenoxy) is 2. The van der Waals surface area contributed by atoms with Crippen molar-refractivity contribution in [2.24, 2.45) is 5.92 Å². The van der Waals surface area contributed by atoms with Gasteiger partial charge in [-0.2, -0.15) is 0 Å². The summed E-state index contributed by atoms with van der Waals surface area (Å²) in [6, 6.07) is 8.32. The van der Waals surface area contributed by atoms with Gasteiger partial charge in [-0.3, -0.25) is 0 Å². The molecule has 17 heavy (non-hydrogen) atoms. The molecule has 1 fully saturated rings. The van der Waals surface area contributed by atoms with Crippen molar-refractivity contribution in [1.82, 2.24) is 5.32 Å². The van der Waals surface area contributed by atoms with Crippen LogP contribution in [0.25, 0.3) is 0 Å². The molecule has 94 valence electrons. The third-order valence-electron chi connectivity index (χ3n) is 3.50. The zero-order valence-electron chi connectivity index (χ0n) is 10.6. The van der Waals surface area contributed by atoms with Gasteiger partial charge in [-0.05, 0) is 37.1 Å². The summed E-state index contributed by atoms with van der Waals surface area (Å²) in [6.07, 6.45) is 2.56. The molecule has 1 heterocycles. The molecule has 1 saturated heterocycles. The second-order valence-electron chi connectivity index (χ2n) is 4.58. The summed E-state index contributed by atoms with van der Waals surface area (Å²) in [6.45, 7) is 2.11. The maximum absolute atomic E-state index is 5.56. The predicted octanol–water partition coefficient (Wildman–Crippen LogP) is 1.86. The van der Waals surface area contributed by atoms with Crippen LogP contribution in [0.15, 0.2) is 24.3 Å². The standard InChI is InChI=1S/C14H21NO2/c1-16-13-5-3-11(4-6-13)9-12-10-15-8-7-14(12)17-2/h3-6,12,14-15H,7-10H2,1-2H3/t12-,14-/m0/s1. The Balaban J connectivity index is 1.98. The Labute approximate surface area is 103 Å². The minimum absolute atomic E-state index is 0.387. The highest BCUT2D eigenvalue weighted by atomic mass is 16.5. The van der Waals surface area contributed by atoms with Gasteiger partial charge in [0.2, 0.25) is 0 Å². The van der Waals surface area contributed by atoms with Gasteiger partial charge >= 0.3 is 0 Å². The topological polar surface area (TPSA) is 30.5 Å². The zero-order chi connectivity index (χ0) is 12.1. The predicted molar refractivity (Wildman–Crippen MR) is 68.5 cm³/mol. The van der Waals surface area contributed by atoms with Crippen LogP contribution < -0.4 is 10.1 Å². The van der Waals surface area contributed by atoms with Crippen LogP contribution in [0.3, 0.4) is 0 Å². The van der Waals surface area contributed by atoms with Crippen LogP contribution in [-0.2, 0) is 11.2 Å². The van der Waals surface area contributed by atoms with Crippen LogP contribution in [0.1, 0.15) is 12.0 Å². The highest BCUT2D eigenvalue weighted by Gasteiger charge is 2.24. The molecular weight excluding hydrogens is 214 g/mol. The number of hydrogen-bond acceptors (Lipinski definition) is 3. The van der Waals surface area contributed by atoms with E-state index in [0.717, 1.165) is 31.7 Å². The summed E-state index contributed by atoms with van der Waals surface area (Å²) in [4.78, 5) is 0. The summed E-state index contributed by atoms with van der Waals surface area (Å²) in [5, 5.41) is 3.44. The normalized spacial score (nSPS) is 24.6. The van der Waals surface area contributed by atoms with E-state index in [1.165, 1.54) is 5.56 Å². The van der Waals surface area contributed by atoms with E-state index in [-0.39, 0.29) is 0 Å². The molecule has 3 heteroatoms. The van der Waals surface area contributed by atoms with E-state index in [9.17, 15) is 0 Å². The van der Waals surface area contributed by atoms with Gasteiger partial charge in [0.25, 0.3) is 0 Å². The van der Waals surface area contributed by atoms with Crippen LogP contribution in [0, 0.1) is 5.92 Å². The fourth-order valence-electron chi connectivity index (χ4n) is 2.48. The second kappa shape index (κ2) is 6.03. The smallest absolute Gasteiger partial charge is 0.118 e. The summed E-state index contributed by atoms with van der Waals surface area (Å²) in [7, 11) is 3.51. The van der Waals surface area contributed by atoms with Crippen molar-refractivity contribution in [3.8, 4) is 5.75 Å². The summed E-state index contributed by atoms with van der Waals surface area (Å²) in [5.74, 6) is 1.49. The van der Waals surface area contributed by atoms with Gasteiger partial charge in [0.1, 0.15) is 5.75 Å². The molecule has 0 saturated carbocycles. The van der Waals surface area contributed by atoms with Crippen molar-refractivity contribution in [3.05, 3.63) is 29.8 Å². The SMILES string of the molecule is COc1ccc(C[C@H]2CNCC[C@@H]2OC)cc1. The number of methoxy groups -OCH3 is 2. The van der Waals surface area contributed by atoms with Gasteiger partial charge in [-0.1, -0.05) is 12.1 Å². The van der Waals surface area contributed by atoms with Crippen molar-refractivity contribution in [3.63, 3.8) is 0 Å². The van der Waals surface area contributed by atoms with E-state index >= 15 is 0 Å². The highest BCUT2D eigenvalue weighted by Crippen LogP contribution is 2.21. The molecule has 0 aromatic heterocycles. The average Bonchev–Trinajstić information content (AvgIpc) is 2.40. The van der Waals surface area contributed by atoms with Crippen LogP contribution in [0.4, 0.5) is 0 Å². The van der Waals surface area contributed by atoms with Crippen molar-refractivity contribution in [1.29, 1.82) is 0 Å². The van der Waals surface area contributed by atoms with Crippen molar-refractivity contribution >= 4 is 0 Å². The molecule has 0 spiro atoms.